The van der Waals surface area contributed by atoms with Crippen LogP contribution in [0, 0.1) is 0 Å². The lowest BCUT2D eigenvalue weighted by molar-refractivity contribution is 0.0951. The third-order valence-electron chi connectivity index (χ3n) is 2.62. The summed E-state index contributed by atoms with van der Waals surface area (Å²) in [5.74, 6) is 5.31. The Kier molecular flexibility index (Phi) is 4.84. The van der Waals surface area contributed by atoms with Crippen molar-refractivity contribution in [1.82, 2.24) is 5.43 Å². The summed E-state index contributed by atoms with van der Waals surface area (Å²) in [6, 6.07) is 12.0. The number of hydrogen-bond donors (Lipinski definition) is 2. The summed E-state index contributed by atoms with van der Waals surface area (Å²) in [7, 11) is 0. The fourth-order valence-corrected chi connectivity index (χ4v) is 2.22. The maximum Gasteiger partial charge on any atom is 0.265 e. The van der Waals surface area contributed by atoms with E-state index in [1.807, 2.05) is 6.07 Å². The summed E-state index contributed by atoms with van der Waals surface area (Å²) < 4.78 is 5.60. The summed E-state index contributed by atoms with van der Waals surface area (Å²) in [5, 5.41) is 0.973. The van der Waals surface area contributed by atoms with Crippen LogP contribution in [0.2, 0.25) is 10.0 Å². The van der Waals surface area contributed by atoms with Gasteiger partial charge < -0.3 is 4.74 Å². The Morgan fingerprint density at radius 2 is 1.80 bits per heavy atom. The normalized spacial score (nSPS) is 10.2. The van der Waals surface area contributed by atoms with E-state index in [-0.39, 0.29) is 12.5 Å². The van der Waals surface area contributed by atoms with Gasteiger partial charge in [0.05, 0.1) is 0 Å². The van der Waals surface area contributed by atoms with Crippen LogP contribution in [0.1, 0.15) is 15.9 Å². The summed E-state index contributed by atoms with van der Waals surface area (Å²) in [6.07, 6.45) is 0. The fourth-order valence-electron chi connectivity index (χ4n) is 1.72. The van der Waals surface area contributed by atoms with Gasteiger partial charge in [0.15, 0.2) is 0 Å². The highest BCUT2D eigenvalue weighted by Gasteiger charge is 2.10. The number of halogens is 2. The SMILES string of the molecule is NNC(=O)c1ccccc1COc1cc(Cl)cc(Cl)c1. The number of ether oxygens (including phenoxy) is 1. The summed E-state index contributed by atoms with van der Waals surface area (Å²) >= 11 is 11.8. The van der Waals surface area contributed by atoms with Gasteiger partial charge in [-0.15, -0.1) is 0 Å². The van der Waals surface area contributed by atoms with Gasteiger partial charge in [-0.25, -0.2) is 5.84 Å². The van der Waals surface area contributed by atoms with Gasteiger partial charge in [-0.1, -0.05) is 41.4 Å². The number of nitrogens with one attached hydrogen (secondary N) is 1. The third kappa shape index (κ3) is 3.63. The van der Waals surface area contributed by atoms with Crippen LogP contribution in [-0.4, -0.2) is 5.91 Å². The molecule has 2 rings (SSSR count). The fraction of sp³-hybridized carbons (Fsp3) is 0.0714. The van der Waals surface area contributed by atoms with Crippen molar-refractivity contribution in [3.63, 3.8) is 0 Å². The van der Waals surface area contributed by atoms with E-state index >= 15 is 0 Å². The van der Waals surface area contributed by atoms with Crippen LogP contribution in [-0.2, 0) is 6.61 Å². The third-order valence-corrected chi connectivity index (χ3v) is 3.06. The highest BCUT2D eigenvalue weighted by molar-refractivity contribution is 6.34. The highest BCUT2D eigenvalue weighted by atomic mass is 35.5. The van der Waals surface area contributed by atoms with Gasteiger partial charge >= 0.3 is 0 Å². The smallest absolute Gasteiger partial charge is 0.265 e. The van der Waals surface area contributed by atoms with Gasteiger partial charge in [0.25, 0.3) is 5.91 Å². The van der Waals surface area contributed by atoms with Crippen molar-refractivity contribution in [2.24, 2.45) is 5.84 Å². The first-order chi connectivity index (χ1) is 9.60. The zero-order chi connectivity index (χ0) is 14.5. The van der Waals surface area contributed by atoms with E-state index < -0.39 is 0 Å². The second-order valence-corrected chi connectivity index (χ2v) is 4.90. The van der Waals surface area contributed by atoms with Crippen LogP contribution in [0.5, 0.6) is 5.75 Å². The minimum Gasteiger partial charge on any atom is -0.489 e. The quantitative estimate of drug-likeness (QED) is 0.518. The van der Waals surface area contributed by atoms with E-state index in [2.05, 4.69) is 5.43 Å². The van der Waals surface area contributed by atoms with Gasteiger partial charge in [0, 0.05) is 21.2 Å². The van der Waals surface area contributed by atoms with Gasteiger partial charge in [-0.05, 0) is 24.3 Å². The van der Waals surface area contributed by atoms with E-state index in [0.29, 0.717) is 26.9 Å². The molecule has 0 unspecified atom stereocenters. The number of carbonyl (C=O) groups is 1. The van der Waals surface area contributed by atoms with E-state index in [9.17, 15) is 4.79 Å². The highest BCUT2D eigenvalue weighted by Crippen LogP contribution is 2.25. The first-order valence-corrected chi connectivity index (χ1v) is 6.53. The molecule has 0 aliphatic rings. The summed E-state index contributed by atoms with van der Waals surface area (Å²) in [5.41, 5.74) is 3.28. The van der Waals surface area contributed by atoms with Gasteiger partial charge in [-0.3, -0.25) is 10.2 Å². The zero-order valence-electron chi connectivity index (χ0n) is 10.4. The molecule has 6 heteroatoms. The van der Waals surface area contributed by atoms with Gasteiger partial charge in [0.1, 0.15) is 12.4 Å². The Bertz CT molecular complexity index is 612. The first-order valence-electron chi connectivity index (χ1n) is 5.78. The largest absolute Gasteiger partial charge is 0.489 e. The average molecular weight is 311 g/mol. The molecule has 0 aromatic heterocycles. The van der Waals surface area contributed by atoms with Crippen LogP contribution in [0.25, 0.3) is 0 Å². The molecule has 2 aromatic rings. The molecular formula is C14H12Cl2N2O2. The van der Waals surface area contributed by atoms with Crippen molar-refractivity contribution in [1.29, 1.82) is 0 Å². The molecule has 2 aromatic carbocycles. The second-order valence-electron chi connectivity index (χ2n) is 4.02. The molecule has 0 saturated carbocycles. The Morgan fingerprint density at radius 1 is 1.15 bits per heavy atom. The predicted octanol–water partition coefficient (Wildman–Crippen LogP) is 3.18. The Hall–Kier alpha value is -1.75. The number of amides is 1. The molecule has 0 aliphatic carbocycles. The van der Waals surface area contributed by atoms with Gasteiger partial charge in [-0.2, -0.15) is 0 Å². The molecule has 3 N–H and O–H groups in total. The lowest BCUT2D eigenvalue weighted by Crippen LogP contribution is -2.30. The van der Waals surface area contributed by atoms with Crippen LogP contribution in [0.3, 0.4) is 0 Å². The molecule has 104 valence electrons. The molecule has 0 heterocycles. The monoisotopic (exact) mass is 310 g/mol. The molecule has 1 amide bonds. The van der Waals surface area contributed by atoms with Crippen LogP contribution >= 0.6 is 23.2 Å². The van der Waals surface area contributed by atoms with Gasteiger partial charge in [0.2, 0.25) is 0 Å². The molecule has 0 atom stereocenters. The van der Waals surface area contributed by atoms with Crippen molar-refractivity contribution in [2.45, 2.75) is 6.61 Å². The molecule has 0 spiro atoms. The second kappa shape index (κ2) is 6.61. The maximum absolute atomic E-state index is 11.6. The molecule has 4 nitrogen and oxygen atoms in total. The summed E-state index contributed by atoms with van der Waals surface area (Å²) in [4.78, 5) is 11.6. The molecule has 0 aliphatic heterocycles. The van der Waals surface area contributed by atoms with Crippen LogP contribution in [0.4, 0.5) is 0 Å². The Morgan fingerprint density at radius 3 is 2.45 bits per heavy atom. The summed E-state index contributed by atoms with van der Waals surface area (Å²) in [6.45, 7) is 0.209. The van der Waals surface area contributed by atoms with Crippen LogP contribution < -0.4 is 16.0 Å². The standard InChI is InChI=1S/C14H12Cl2N2O2/c15-10-5-11(16)7-12(6-10)20-8-9-3-1-2-4-13(9)14(19)18-17/h1-7H,8,17H2,(H,18,19). The number of nitrogen functional groups attached to an aromatic ring is 1. The van der Waals surface area contributed by atoms with E-state index in [1.165, 1.54) is 0 Å². The Labute approximate surface area is 126 Å². The molecule has 0 fully saturated rings. The number of rotatable bonds is 4. The van der Waals surface area contributed by atoms with E-state index in [4.69, 9.17) is 33.8 Å². The van der Waals surface area contributed by atoms with Crippen molar-refractivity contribution < 1.29 is 9.53 Å². The number of nitrogens with two attached hydrogens (primary N) is 1. The predicted molar refractivity (Wildman–Crippen MR) is 78.9 cm³/mol. The van der Waals surface area contributed by atoms with Crippen molar-refractivity contribution in [3.8, 4) is 5.75 Å². The van der Waals surface area contributed by atoms with E-state index in [0.717, 1.165) is 0 Å². The van der Waals surface area contributed by atoms with Crippen LogP contribution in [0.15, 0.2) is 42.5 Å². The molecule has 0 radical (unpaired) electrons. The molecular weight excluding hydrogens is 299 g/mol. The average Bonchev–Trinajstić information content (AvgIpc) is 2.43. The maximum atomic E-state index is 11.6. The Balaban J connectivity index is 2.16. The van der Waals surface area contributed by atoms with Crippen molar-refractivity contribution >= 4 is 29.1 Å². The minimum atomic E-state index is -0.367. The minimum absolute atomic E-state index is 0.209. The number of hydrogen-bond acceptors (Lipinski definition) is 3. The first kappa shape index (κ1) is 14.7. The number of hydrazine groups is 1. The zero-order valence-corrected chi connectivity index (χ0v) is 11.9. The van der Waals surface area contributed by atoms with E-state index in [1.54, 1.807) is 36.4 Å². The number of carbonyl (C=O) groups excluding carboxylic acids is 1. The topological polar surface area (TPSA) is 64.3 Å². The molecule has 0 bridgehead atoms. The molecule has 20 heavy (non-hydrogen) atoms. The number of benzene rings is 2. The van der Waals surface area contributed by atoms with Crippen molar-refractivity contribution in [2.75, 3.05) is 0 Å². The lowest BCUT2D eigenvalue weighted by atomic mass is 10.1. The lowest BCUT2D eigenvalue weighted by Gasteiger charge is -2.10. The van der Waals surface area contributed by atoms with Crippen molar-refractivity contribution in [3.05, 3.63) is 63.6 Å². The molecule has 0 saturated heterocycles.